The molecular weight excluding hydrogens is 446 g/mol. The number of methoxy groups -OCH3 is 1. The summed E-state index contributed by atoms with van der Waals surface area (Å²) in [6.07, 6.45) is 2.39. The molecule has 0 unspecified atom stereocenters. The van der Waals surface area contributed by atoms with Gasteiger partial charge in [0.25, 0.3) is 5.91 Å². The molecule has 1 amide bonds. The molecule has 0 aliphatic heterocycles. The molecule has 0 aliphatic carbocycles. The van der Waals surface area contributed by atoms with Gasteiger partial charge in [-0.2, -0.15) is 5.10 Å². The van der Waals surface area contributed by atoms with E-state index in [4.69, 9.17) is 16.3 Å². The first-order chi connectivity index (χ1) is 14.6. The molecule has 0 spiro atoms. The van der Waals surface area contributed by atoms with Crippen molar-refractivity contribution < 1.29 is 27.5 Å². The van der Waals surface area contributed by atoms with Gasteiger partial charge in [0, 0.05) is 5.02 Å². The molecule has 2 rings (SSSR count). The zero-order valence-corrected chi connectivity index (χ0v) is 18.7. The van der Waals surface area contributed by atoms with Gasteiger partial charge < -0.3 is 9.47 Å². The highest BCUT2D eigenvalue weighted by molar-refractivity contribution is 7.92. The van der Waals surface area contributed by atoms with Gasteiger partial charge in [-0.05, 0) is 54.4 Å². The van der Waals surface area contributed by atoms with Crippen LogP contribution in [0.4, 0.5) is 5.69 Å². The third-order valence-electron chi connectivity index (χ3n) is 4.06. The zero-order valence-electron chi connectivity index (χ0n) is 17.2. The van der Waals surface area contributed by atoms with E-state index in [9.17, 15) is 18.0 Å². The predicted molar refractivity (Wildman–Crippen MR) is 118 cm³/mol. The van der Waals surface area contributed by atoms with Crippen LogP contribution in [0.15, 0.2) is 47.6 Å². The lowest BCUT2D eigenvalue weighted by Crippen LogP contribution is -2.39. The quantitative estimate of drug-likeness (QED) is 0.343. The van der Waals surface area contributed by atoms with Gasteiger partial charge in [-0.1, -0.05) is 17.7 Å². The van der Waals surface area contributed by atoms with Gasteiger partial charge in [-0.15, -0.1) is 0 Å². The monoisotopic (exact) mass is 467 g/mol. The van der Waals surface area contributed by atoms with Crippen molar-refractivity contribution in [2.75, 3.05) is 30.8 Å². The average molecular weight is 468 g/mol. The molecule has 0 aromatic heterocycles. The van der Waals surface area contributed by atoms with Gasteiger partial charge in [0.15, 0.2) is 6.61 Å². The van der Waals surface area contributed by atoms with Crippen molar-refractivity contribution in [3.05, 3.63) is 58.6 Å². The summed E-state index contributed by atoms with van der Waals surface area (Å²) in [6, 6.07) is 11.4. The first-order valence-corrected chi connectivity index (χ1v) is 11.2. The Hall–Kier alpha value is -3.11. The molecule has 0 saturated heterocycles. The smallest absolute Gasteiger partial charge is 0.343 e. The number of hydrogen-bond donors (Lipinski definition) is 1. The van der Waals surface area contributed by atoms with E-state index < -0.39 is 28.4 Å². The van der Waals surface area contributed by atoms with Gasteiger partial charge >= 0.3 is 5.97 Å². The number of rotatable bonds is 9. The van der Waals surface area contributed by atoms with E-state index in [1.54, 1.807) is 49.4 Å². The maximum Gasteiger partial charge on any atom is 0.343 e. The molecular formula is C20H22ClN3O6S. The third-order valence-corrected chi connectivity index (χ3v) is 5.60. The molecule has 1 N–H and O–H groups in total. The number of nitrogens with one attached hydrogen (secondary N) is 1. The Morgan fingerprint density at radius 1 is 1.19 bits per heavy atom. The third kappa shape index (κ3) is 7.26. The lowest BCUT2D eigenvalue weighted by Gasteiger charge is -2.23. The van der Waals surface area contributed by atoms with E-state index in [0.717, 1.165) is 10.6 Å². The van der Waals surface area contributed by atoms with E-state index in [1.807, 2.05) is 0 Å². The van der Waals surface area contributed by atoms with Crippen molar-refractivity contribution >= 4 is 45.4 Å². The largest absolute Gasteiger partial charge is 0.482 e. The molecule has 0 radical (unpaired) electrons. The summed E-state index contributed by atoms with van der Waals surface area (Å²) in [6.45, 7) is 1.01. The van der Waals surface area contributed by atoms with Gasteiger partial charge in [0.05, 0.1) is 25.3 Å². The second-order valence-electron chi connectivity index (χ2n) is 6.38. The molecule has 0 fully saturated rings. The minimum atomic E-state index is -3.73. The first kappa shape index (κ1) is 24.2. The lowest BCUT2D eigenvalue weighted by molar-refractivity contribution is -0.142. The maximum absolute atomic E-state index is 12.3. The molecule has 9 nitrogen and oxygen atoms in total. The maximum atomic E-state index is 12.3. The number of hydrazone groups is 1. The second kappa shape index (κ2) is 10.8. The molecule has 31 heavy (non-hydrogen) atoms. The van der Waals surface area contributed by atoms with Crippen LogP contribution in [0, 0.1) is 6.92 Å². The van der Waals surface area contributed by atoms with Crippen molar-refractivity contribution in [2.45, 2.75) is 6.92 Å². The van der Waals surface area contributed by atoms with E-state index in [0.29, 0.717) is 27.6 Å². The number of ether oxygens (including phenoxy) is 2. The van der Waals surface area contributed by atoms with Crippen molar-refractivity contribution in [1.82, 2.24) is 5.43 Å². The number of esters is 1. The minimum Gasteiger partial charge on any atom is -0.482 e. The topological polar surface area (TPSA) is 114 Å². The number of sulfonamides is 1. The summed E-state index contributed by atoms with van der Waals surface area (Å²) < 4.78 is 35.1. The average Bonchev–Trinajstić information content (AvgIpc) is 2.72. The number of anilines is 1. The highest BCUT2D eigenvalue weighted by Crippen LogP contribution is 2.27. The van der Waals surface area contributed by atoms with E-state index in [1.165, 1.54) is 13.3 Å². The van der Waals surface area contributed by atoms with Crippen molar-refractivity contribution in [1.29, 1.82) is 0 Å². The van der Waals surface area contributed by atoms with Crippen molar-refractivity contribution in [3.63, 3.8) is 0 Å². The predicted octanol–water partition coefficient (Wildman–Crippen LogP) is 2.12. The molecule has 166 valence electrons. The molecule has 11 heteroatoms. The van der Waals surface area contributed by atoms with E-state index in [2.05, 4.69) is 15.3 Å². The molecule has 2 aromatic carbocycles. The van der Waals surface area contributed by atoms with Crippen LogP contribution in [-0.4, -0.2) is 53.0 Å². The number of halogens is 1. The van der Waals surface area contributed by atoms with Gasteiger partial charge in [-0.25, -0.2) is 18.6 Å². The molecule has 0 atom stereocenters. The fourth-order valence-electron chi connectivity index (χ4n) is 2.44. The Morgan fingerprint density at radius 3 is 2.48 bits per heavy atom. The number of benzene rings is 2. The first-order valence-electron chi connectivity index (χ1n) is 8.96. The molecule has 0 saturated carbocycles. The van der Waals surface area contributed by atoms with Crippen LogP contribution in [0.1, 0.15) is 11.1 Å². The fourth-order valence-corrected chi connectivity index (χ4v) is 3.52. The lowest BCUT2D eigenvalue weighted by atomic mass is 10.2. The highest BCUT2D eigenvalue weighted by Gasteiger charge is 2.22. The molecule has 2 aromatic rings. The molecule has 0 aliphatic rings. The van der Waals surface area contributed by atoms with Gasteiger partial charge in [-0.3, -0.25) is 9.10 Å². The van der Waals surface area contributed by atoms with Crippen molar-refractivity contribution in [2.24, 2.45) is 5.10 Å². The number of nitrogens with zero attached hydrogens (tertiary/aromatic N) is 2. The number of hydrogen-bond acceptors (Lipinski definition) is 7. The highest BCUT2D eigenvalue weighted by atomic mass is 35.5. The number of amides is 1. The van der Waals surface area contributed by atoms with E-state index in [-0.39, 0.29) is 6.61 Å². The van der Waals surface area contributed by atoms with Gasteiger partial charge in [0.1, 0.15) is 12.3 Å². The Kier molecular flexibility index (Phi) is 8.40. The summed E-state index contributed by atoms with van der Waals surface area (Å²) in [5, 5.41) is 4.23. The van der Waals surface area contributed by atoms with Crippen LogP contribution < -0.4 is 14.5 Å². The van der Waals surface area contributed by atoms with Gasteiger partial charge in [0.2, 0.25) is 10.0 Å². The Balaban J connectivity index is 2.00. The van der Waals surface area contributed by atoms with Crippen LogP contribution in [0.5, 0.6) is 5.75 Å². The van der Waals surface area contributed by atoms with Crippen molar-refractivity contribution in [3.8, 4) is 5.75 Å². The Morgan fingerprint density at radius 2 is 1.87 bits per heavy atom. The van der Waals surface area contributed by atoms with Crippen LogP contribution in [0.3, 0.4) is 0 Å². The number of carbonyl (C=O) groups excluding carboxylic acids is 2. The Bertz CT molecular complexity index is 1070. The van der Waals surface area contributed by atoms with E-state index >= 15 is 0 Å². The van der Waals surface area contributed by atoms with Crippen LogP contribution in [0.2, 0.25) is 5.02 Å². The number of carbonyl (C=O) groups is 2. The Labute approximate surface area is 185 Å². The summed E-state index contributed by atoms with van der Waals surface area (Å²) in [5.74, 6) is -0.657. The SMILES string of the molecule is COC(=O)COc1ccc(/C=N\NC(=O)CN(c2cccc(Cl)c2C)S(C)(=O)=O)cc1. The summed E-state index contributed by atoms with van der Waals surface area (Å²) in [4.78, 5) is 23.3. The second-order valence-corrected chi connectivity index (χ2v) is 8.69. The normalized spacial score (nSPS) is 11.2. The van der Waals surface area contributed by atoms with Crippen LogP contribution in [-0.2, 0) is 24.3 Å². The summed E-state index contributed by atoms with van der Waals surface area (Å²) in [5.41, 5.74) is 3.81. The standard InChI is InChI=1S/C20H22ClN3O6S/c1-14-17(21)5-4-6-18(14)24(31(3,27)28)12-19(25)23-22-11-15-7-9-16(10-8-15)30-13-20(26)29-2/h4-11H,12-13H2,1-3H3,(H,23,25)/b22-11-. The molecule has 0 bridgehead atoms. The van der Waals surface area contributed by atoms with Crippen LogP contribution in [0.25, 0.3) is 0 Å². The van der Waals surface area contributed by atoms with Crippen LogP contribution >= 0.6 is 11.6 Å². The molecule has 0 heterocycles. The zero-order chi connectivity index (χ0) is 23.0. The summed E-state index contributed by atoms with van der Waals surface area (Å²) >= 11 is 6.07. The fraction of sp³-hybridized carbons (Fsp3) is 0.250. The minimum absolute atomic E-state index is 0.205. The summed E-state index contributed by atoms with van der Waals surface area (Å²) in [7, 11) is -2.46.